The minimum atomic E-state index is -4.26. The molecule has 1 aliphatic heterocycles. The number of aromatic nitrogens is 2. The Balaban J connectivity index is 1.85. The number of aliphatic hydroxyl groups excluding tert-OH is 1. The van der Waals surface area contributed by atoms with Crippen LogP contribution in [0.3, 0.4) is 0 Å². The van der Waals surface area contributed by atoms with Crippen molar-refractivity contribution in [2.24, 2.45) is 5.92 Å². The predicted octanol–water partition coefficient (Wildman–Crippen LogP) is 2.56. The van der Waals surface area contributed by atoms with Crippen LogP contribution in [0, 0.1) is 5.92 Å². The summed E-state index contributed by atoms with van der Waals surface area (Å²) in [6, 6.07) is 8.32. The molecule has 0 aliphatic carbocycles. The maximum Gasteiger partial charge on any atom is 0.459 e. The van der Waals surface area contributed by atoms with Gasteiger partial charge in [0.1, 0.15) is 28.9 Å². The summed E-state index contributed by atoms with van der Waals surface area (Å²) >= 11 is 6.56. The maximum absolute atomic E-state index is 13.9. The molecule has 2 aromatic rings. The highest BCUT2D eigenvalue weighted by molar-refractivity contribution is 7.52. The summed E-state index contributed by atoms with van der Waals surface area (Å²) in [5.41, 5.74) is -1.39. The smallest absolute Gasteiger partial charge is 0.459 e. The Morgan fingerprint density at radius 2 is 1.97 bits per heavy atom. The number of halogens is 1. The van der Waals surface area contributed by atoms with E-state index in [1.54, 1.807) is 37.3 Å². The molecule has 14 heteroatoms. The molecule has 1 fully saturated rings. The van der Waals surface area contributed by atoms with Crippen molar-refractivity contribution in [2.75, 3.05) is 13.2 Å². The van der Waals surface area contributed by atoms with Gasteiger partial charge < -0.3 is 19.1 Å². The number of nitrogens with one attached hydrogen (secondary N) is 2. The Labute approximate surface area is 224 Å². The van der Waals surface area contributed by atoms with Crippen molar-refractivity contribution in [3.63, 3.8) is 0 Å². The van der Waals surface area contributed by atoms with Crippen LogP contribution in [0.2, 0.25) is 0 Å². The second-order valence-corrected chi connectivity index (χ2v) is 11.9. The van der Waals surface area contributed by atoms with Gasteiger partial charge in [0.15, 0.2) is 6.23 Å². The number of benzene rings is 1. The Morgan fingerprint density at radius 1 is 1.29 bits per heavy atom. The fraction of sp³-hybridized carbons (Fsp3) is 0.542. The van der Waals surface area contributed by atoms with Crippen molar-refractivity contribution >= 4 is 25.3 Å². The van der Waals surface area contributed by atoms with E-state index < -0.39 is 60.9 Å². The van der Waals surface area contributed by atoms with E-state index >= 15 is 0 Å². The van der Waals surface area contributed by atoms with Crippen LogP contribution < -0.4 is 20.9 Å². The van der Waals surface area contributed by atoms with Crippen LogP contribution in [0.4, 0.5) is 0 Å². The average Bonchev–Trinajstić information content (AvgIpc) is 3.06. The van der Waals surface area contributed by atoms with E-state index in [1.807, 2.05) is 13.8 Å². The number of aliphatic hydroxyl groups is 1. The molecule has 0 saturated carbocycles. The van der Waals surface area contributed by atoms with E-state index in [4.69, 9.17) is 30.1 Å². The Kier molecular flexibility index (Phi) is 9.96. The highest BCUT2D eigenvalue weighted by Gasteiger charge is 2.54. The third kappa shape index (κ3) is 7.34. The fourth-order valence-corrected chi connectivity index (χ4v) is 5.76. The van der Waals surface area contributed by atoms with Gasteiger partial charge in [0, 0.05) is 12.3 Å². The number of carbonyl (C=O) groups is 1. The summed E-state index contributed by atoms with van der Waals surface area (Å²) in [4.78, 5) is 37.0. The van der Waals surface area contributed by atoms with E-state index in [0.717, 1.165) is 10.6 Å². The van der Waals surface area contributed by atoms with Gasteiger partial charge in [0.25, 0.3) is 5.56 Å². The number of rotatable bonds is 12. The van der Waals surface area contributed by atoms with E-state index in [0.29, 0.717) is 0 Å². The molecule has 1 aliphatic rings. The number of esters is 1. The minimum Gasteiger partial charge on any atom is -0.465 e. The third-order valence-electron chi connectivity index (χ3n) is 5.79. The van der Waals surface area contributed by atoms with Crippen LogP contribution in [0.5, 0.6) is 5.75 Å². The first-order valence-electron chi connectivity index (χ1n) is 12.1. The van der Waals surface area contributed by atoms with Crippen LogP contribution in [-0.2, 0) is 23.4 Å². The molecule has 0 amide bonds. The van der Waals surface area contributed by atoms with Crippen molar-refractivity contribution in [3.8, 4) is 5.75 Å². The number of aromatic amines is 1. The third-order valence-corrected chi connectivity index (χ3v) is 7.77. The Bertz CT molecular complexity index is 1250. The van der Waals surface area contributed by atoms with Gasteiger partial charge in [-0.05, 0) is 38.3 Å². The number of hydrogen-bond donors (Lipinski definition) is 3. The van der Waals surface area contributed by atoms with Gasteiger partial charge in [-0.25, -0.2) is 9.36 Å². The van der Waals surface area contributed by atoms with Gasteiger partial charge >= 0.3 is 19.4 Å². The first-order valence-corrected chi connectivity index (χ1v) is 14.1. The van der Waals surface area contributed by atoms with Crippen LogP contribution in [0.25, 0.3) is 0 Å². The first-order chi connectivity index (χ1) is 17.9. The van der Waals surface area contributed by atoms with Crippen molar-refractivity contribution < 1.29 is 33.0 Å². The normalized spacial score (nSPS) is 25.6. The molecule has 0 bridgehead atoms. The average molecular weight is 574 g/mol. The monoisotopic (exact) mass is 573 g/mol. The molecule has 1 aromatic heterocycles. The molecule has 6 atom stereocenters. The van der Waals surface area contributed by atoms with Crippen LogP contribution in [0.1, 0.15) is 40.3 Å². The lowest BCUT2D eigenvalue weighted by atomic mass is 10.0. The van der Waals surface area contributed by atoms with Crippen molar-refractivity contribution in [1.29, 1.82) is 0 Å². The molecular weight excluding hydrogens is 541 g/mol. The number of alkyl halides is 1. The quantitative estimate of drug-likeness (QED) is 0.196. The summed E-state index contributed by atoms with van der Waals surface area (Å²) in [5, 5.41) is 13.6. The Hall–Kier alpha value is -2.47. The fourth-order valence-electron chi connectivity index (χ4n) is 3.95. The van der Waals surface area contributed by atoms with E-state index in [1.165, 1.54) is 13.1 Å². The second-order valence-electron chi connectivity index (χ2n) is 9.40. The molecule has 2 heterocycles. The SMILES string of the molecule is CCOC(=O)C(CC(C)C)NP(=O)(OC[C@H]1O[C@@H](n2ccc(=O)[nH]c2=O)[C@](C)(Cl)[C@@H]1O)Oc1ccccc1. The zero-order valence-electron chi connectivity index (χ0n) is 21.5. The number of H-pyrrole nitrogens is 1. The summed E-state index contributed by atoms with van der Waals surface area (Å²) < 4.78 is 37.3. The van der Waals surface area contributed by atoms with E-state index in [-0.39, 0.29) is 24.7 Å². The van der Waals surface area contributed by atoms with Crippen LogP contribution >= 0.6 is 19.3 Å². The van der Waals surface area contributed by atoms with Gasteiger partial charge in [0.05, 0.1) is 13.2 Å². The molecule has 12 nitrogen and oxygen atoms in total. The molecule has 3 N–H and O–H groups in total. The van der Waals surface area contributed by atoms with Gasteiger partial charge in [-0.15, -0.1) is 11.6 Å². The number of para-hydroxylation sites is 1. The zero-order chi connectivity index (χ0) is 28.1. The minimum absolute atomic E-state index is 0.0374. The lowest BCUT2D eigenvalue weighted by Gasteiger charge is -2.27. The summed E-state index contributed by atoms with van der Waals surface area (Å²) in [6.07, 6.45) is -2.24. The zero-order valence-corrected chi connectivity index (χ0v) is 23.2. The van der Waals surface area contributed by atoms with Gasteiger partial charge in [-0.3, -0.25) is 23.7 Å². The molecule has 210 valence electrons. The molecule has 0 radical (unpaired) electrons. The standard InChI is InChI=1S/C24H33ClN3O9P/c1-5-34-21(31)17(13-15(2)3)27-38(33,37-16-9-7-6-8-10-16)35-14-18-20(30)24(4,25)22(36-18)28-12-11-19(29)26-23(28)32/h6-12,15,17-18,20,22,30H,5,13-14H2,1-4H3,(H,27,33)(H,26,29,32)/t17?,18-,20-,22-,24-,38?/m1/s1. The predicted molar refractivity (Wildman–Crippen MR) is 139 cm³/mol. The number of nitrogens with zero attached hydrogens (tertiary/aromatic N) is 1. The molecule has 1 saturated heterocycles. The molecular formula is C24H33ClN3O9P. The number of carbonyl (C=O) groups excluding carboxylic acids is 1. The summed E-state index contributed by atoms with van der Waals surface area (Å²) in [6.45, 7) is 6.54. The van der Waals surface area contributed by atoms with E-state index in [9.17, 15) is 24.1 Å². The van der Waals surface area contributed by atoms with Gasteiger partial charge in [0.2, 0.25) is 0 Å². The van der Waals surface area contributed by atoms with Crippen molar-refractivity contribution in [1.82, 2.24) is 14.6 Å². The largest absolute Gasteiger partial charge is 0.465 e. The molecule has 38 heavy (non-hydrogen) atoms. The van der Waals surface area contributed by atoms with Crippen molar-refractivity contribution in [2.45, 2.75) is 63.5 Å². The number of hydrogen-bond acceptors (Lipinski definition) is 9. The molecule has 0 spiro atoms. The van der Waals surface area contributed by atoms with Gasteiger partial charge in [-0.2, -0.15) is 5.09 Å². The Morgan fingerprint density at radius 3 is 2.58 bits per heavy atom. The topological polar surface area (TPSA) is 158 Å². The lowest BCUT2D eigenvalue weighted by molar-refractivity contribution is -0.145. The van der Waals surface area contributed by atoms with Crippen LogP contribution in [-0.4, -0.2) is 57.0 Å². The number of ether oxygens (including phenoxy) is 2. The first kappa shape index (κ1) is 30.1. The lowest BCUT2D eigenvalue weighted by Crippen LogP contribution is -2.43. The molecule has 2 unspecified atom stereocenters. The second kappa shape index (κ2) is 12.6. The molecule has 3 rings (SSSR count). The van der Waals surface area contributed by atoms with Crippen LogP contribution in [0.15, 0.2) is 52.2 Å². The van der Waals surface area contributed by atoms with E-state index in [2.05, 4.69) is 10.1 Å². The van der Waals surface area contributed by atoms with Gasteiger partial charge in [-0.1, -0.05) is 32.0 Å². The summed E-state index contributed by atoms with van der Waals surface area (Å²) in [5.74, 6) is -0.372. The highest BCUT2D eigenvalue weighted by Crippen LogP contribution is 2.48. The summed E-state index contributed by atoms with van der Waals surface area (Å²) in [7, 11) is -4.26. The molecule has 1 aromatic carbocycles. The van der Waals surface area contributed by atoms with Crippen molar-refractivity contribution in [3.05, 3.63) is 63.4 Å². The maximum atomic E-state index is 13.9. The highest BCUT2D eigenvalue weighted by atomic mass is 35.5.